The lowest BCUT2D eigenvalue weighted by Gasteiger charge is -2.22. The second-order valence-corrected chi connectivity index (χ2v) is 6.97. The monoisotopic (exact) mass is 368 g/mol. The predicted octanol–water partition coefficient (Wildman–Crippen LogP) is 1.63. The van der Waals surface area contributed by atoms with E-state index in [1.165, 1.54) is 4.90 Å². The number of hydrogen-bond donors (Lipinski definition) is 1. The second kappa shape index (κ2) is 7.76. The van der Waals surface area contributed by atoms with Crippen LogP contribution in [-0.2, 0) is 6.54 Å². The molecule has 2 aromatic heterocycles. The predicted molar refractivity (Wildman–Crippen MR) is 100 cm³/mol. The zero-order valence-electron chi connectivity index (χ0n) is 16.1. The van der Waals surface area contributed by atoms with Gasteiger partial charge in [0.2, 0.25) is 11.6 Å². The van der Waals surface area contributed by atoms with E-state index in [1.54, 1.807) is 20.2 Å². The summed E-state index contributed by atoms with van der Waals surface area (Å²) in [5, 5.41) is 12.3. The van der Waals surface area contributed by atoms with Gasteiger partial charge in [-0.2, -0.15) is 5.26 Å². The fourth-order valence-electron chi connectivity index (χ4n) is 3.11. The van der Waals surface area contributed by atoms with Crippen LogP contribution in [0, 0.1) is 25.2 Å². The van der Waals surface area contributed by atoms with Gasteiger partial charge in [-0.05, 0) is 32.4 Å². The average Bonchev–Trinajstić information content (AvgIpc) is 3.30. The van der Waals surface area contributed by atoms with Crippen molar-refractivity contribution in [1.82, 2.24) is 20.2 Å². The molecular weight excluding hydrogens is 344 g/mol. The number of nitrogens with one attached hydrogen (secondary N) is 1. The van der Waals surface area contributed by atoms with Gasteiger partial charge in [0.15, 0.2) is 0 Å². The number of nitriles is 1. The van der Waals surface area contributed by atoms with E-state index in [-0.39, 0.29) is 17.8 Å². The Kier molecular flexibility index (Phi) is 5.42. The molecule has 0 aromatic carbocycles. The molecule has 1 atom stereocenters. The lowest BCUT2D eigenvalue weighted by atomic mass is 10.2. The van der Waals surface area contributed by atoms with Crippen molar-refractivity contribution in [3.63, 3.8) is 0 Å². The van der Waals surface area contributed by atoms with Crippen molar-refractivity contribution in [3.8, 4) is 6.07 Å². The van der Waals surface area contributed by atoms with Crippen molar-refractivity contribution < 1.29 is 9.21 Å². The van der Waals surface area contributed by atoms with Gasteiger partial charge in [-0.1, -0.05) is 0 Å². The molecule has 1 N–H and O–H groups in total. The Balaban J connectivity index is 1.69. The van der Waals surface area contributed by atoms with Gasteiger partial charge in [0.1, 0.15) is 17.6 Å². The summed E-state index contributed by atoms with van der Waals surface area (Å²) in [7, 11) is 3.39. The molecule has 1 fully saturated rings. The highest BCUT2D eigenvalue weighted by Crippen LogP contribution is 2.24. The molecule has 0 aliphatic carbocycles. The molecule has 3 heterocycles. The van der Waals surface area contributed by atoms with E-state index in [0.717, 1.165) is 42.3 Å². The normalized spacial score (nSPS) is 16.4. The van der Waals surface area contributed by atoms with Crippen LogP contribution in [-0.4, -0.2) is 54.0 Å². The van der Waals surface area contributed by atoms with Crippen LogP contribution in [0.4, 0.5) is 5.82 Å². The first-order valence-corrected chi connectivity index (χ1v) is 8.93. The fraction of sp³-hybridized carbons (Fsp3) is 0.474. The quantitative estimate of drug-likeness (QED) is 0.856. The summed E-state index contributed by atoms with van der Waals surface area (Å²) in [6.45, 7) is 6.11. The molecule has 142 valence electrons. The lowest BCUT2D eigenvalue weighted by Crippen LogP contribution is -2.33. The largest absolute Gasteiger partial charge is 0.449 e. The van der Waals surface area contributed by atoms with E-state index in [2.05, 4.69) is 20.2 Å². The standard InChI is InChI=1S/C19H24N6O2/c1-12-13(2)22-17(19(26)24(3)4)23-18(12)25-8-7-14(11-25)21-10-16-6-5-15(9-20)27-16/h5-6,14,21H,7-8,10-11H2,1-4H3/t14-/m1/s1. The van der Waals surface area contributed by atoms with Crippen LogP contribution in [0.5, 0.6) is 0 Å². The molecular formula is C19H24N6O2. The summed E-state index contributed by atoms with van der Waals surface area (Å²) in [4.78, 5) is 24.8. The Morgan fingerprint density at radius 2 is 2.19 bits per heavy atom. The number of nitrogens with zero attached hydrogens (tertiary/aromatic N) is 5. The molecule has 8 heteroatoms. The third kappa shape index (κ3) is 4.09. The molecule has 1 saturated heterocycles. The van der Waals surface area contributed by atoms with E-state index in [1.807, 2.05) is 26.0 Å². The molecule has 0 spiro atoms. The first-order valence-electron chi connectivity index (χ1n) is 8.93. The maximum Gasteiger partial charge on any atom is 0.291 e. The van der Waals surface area contributed by atoms with E-state index < -0.39 is 0 Å². The molecule has 27 heavy (non-hydrogen) atoms. The average molecular weight is 368 g/mol. The van der Waals surface area contributed by atoms with Gasteiger partial charge in [-0.3, -0.25) is 4.79 Å². The van der Waals surface area contributed by atoms with Crippen molar-refractivity contribution in [3.05, 3.63) is 40.7 Å². The number of hydrogen-bond acceptors (Lipinski definition) is 7. The number of anilines is 1. The van der Waals surface area contributed by atoms with Gasteiger partial charge in [-0.25, -0.2) is 9.97 Å². The Labute approximate surface area is 158 Å². The zero-order valence-corrected chi connectivity index (χ0v) is 16.1. The molecule has 3 rings (SSSR count). The minimum absolute atomic E-state index is 0.195. The first kappa shape index (κ1) is 18.9. The first-order chi connectivity index (χ1) is 12.9. The summed E-state index contributed by atoms with van der Waals surface area (Å²) in [5.74, 6) is 1.93. The maximum absolute atomic E-state index is 12.3. The summed E-state index contributed by atoms with van der Waals surface area (Å²) in [6.07, 6.45) is 0.964. The smallest absolute Gasteiger partial charge is 0.291 e. The zero-order chi connectivity index (χ0) is 19.6. The van der Waals surface area contributed by atoms with Crippen LogP contribution in [0.2, 0.25) is 0 Å². The van der Waals surface area contributed by atoms with E-state index in [9.17, 15) is 4.79 Å². The van der Waals surface area contributed by atoms with Crippen molar-refractivity contribution >= 4 is 11.7 Å². The van der Waals surface area contributed by atoms with Gasteiger partial charge >= 0.3 is 0 Å². The van der Waals surface area contributed by atoms with Crippen LogP contribution in [0.3, 0.4) is 0 Å². The second-order valence-electron chi connectivity index (χ2n) is 6.97. The lowest BCUT2D eigenvalue weighted by molar-refractivity contribution is 0.0815. The molecule has 0 radical (unpaired) electrons. The van der Waals surface area contributed by atoms with Crippen LogP contribution >= 0.6 is 0 Å². The van der Waals surface area contributed by atoms with Crippen LogP contribution < -0.4 is 10.2 Å². The maximum atomic E-state index is 12.3. The number of carbonyl (C=O) groups excluding carboxylic acids is 1. The van der Waals surface area contributed by atoms with Crippen LogP contribution in [0.15, 0.2) is 16.5 Å². The van der Waals surface area contributed by atoms with E-state index >= 15 is 0 Å². The summed E-state index contributed by atoms with van der Waals surface area (Å²) in [6, 6.07) is 5.76. The van der Waals surface area contributed by atoms with Gasteiger partial charge in [-0.15, -0.1) is 0 Å². The third-order valence-electron chi connectivity index (χ3n) is 4.79. The van der Waals surface area contributed by atoms with Crippen molar-refractivity contribution in [2.24, 2.45) is 0 Å². The topological polar surface area (TPSA) is 98.3 Å². The molecule has 8 nitrogen and oxygen atoms in total. The van der Waals surface area contributed by atoms with Gasteiger partial charge < -0.3 is 19.5 Å². The van der Waals surface area contributed by atoms with E-state index in [0.29, 0.717) is 12.3 Å². The fourth-order valence-corrected chi connectivity index (χ4v) is 3.11. The van der Waals surface area contributed by atoms with E-state index in [4.69, 9.17) is 9.68 Å². The van der Waals surface area contributed by atoms with Crippen molar-refractivity contribution in [2.75, 3.05) is 32.1 Å². The summed E-state index contributed by atoms with van der Waals surface area (Å²) >= 11 is 0. The SMILES string of the molecule is Cc1nc(C(=O)N(C)C)nc(N2CC[C@@H](NCc3ccc(C#N)o3)C2)c1C. The van der Waals surface area contributed by atoms with Crippen molar-refractivity contribution in [2.45, 2.75) is 32.9 Å². The molecule has 1 amide bonds. The highest BCUT2D eigenvalue weighted by atomic mass is 16.3. The molecule has 2 aromatic rings. The number of carbonyl (C=O) groups is 1. The number of aryl methyl sites for hydroxylation is 1. The Morgan fingerprint density at radius 3 is 2.85 bits per heavy atom. The third-order valence-corrected chi connectivity index (χ3v) is 4.79. The Hall–Kier alpha value is -2.92. The van der Waals surface area contributed by atoms with Gasteiger partial charge in [0, 0.05) is 44.5 Å². The number of aromatic nitrogens is 2. The Bertz CT molecular complexity index is 883. The highest BCUT2D eigenvalue weighted by Gasteiger charge is 2.26. The molecule has 1 aliphatic rings. The van der Waals surface area contributed by atoms with Crippen LogP contribution in [0.25, 0.3) is 0 Å². The molecule has 0 bridgehead atoms. The van der Waals surface area contributed by atoms with Crippen molar-refractivity contribution in [1.29, 1.82) is 5.26 Å². The highest BCUT2D eigenvalue weighted by molar-refractivity contribution is 5.90. The number of furan rings is 1. The molecule has 0 saturated carbocycles. The summed E-state index contributed by atoms with van der Waals surface area (Å²) < 4.78 is 5.40. The summed E-state index contributed by atoms with van der Waals surface area (Å²) in [5.41, 5.74) is 1.82. The minimum atomic E-state index is -0.195. The van der Waals surface area contributed by atoms with Crippen LogP contribution in [0.1, 0.15) is 39.8 Å². The number of amides is 1. The number of rotatable bonds is 5. The molecule has 0 unspecified atom stereocenters. The van der Waals surface area contributed by atoms with Gasteiger partial charge in [0.25, 0.3) is 5.91 Å². The Morgan fingerprint density at radius 1 is 1.41 bits per heavy atom. The molecule has 1 aliphatic heterocycles. The van der Waals surface area contributed by atoms with Gasteiger partial charge in [0.05, 0.1) is 6.54 Å². The minimum Gasteiger partial charge on any atom is -0.449 e.